The van der Waals surface area contributed by atoms with Gasteiger partial charge in [0.1, 0.15) is 0 Å². The Morgan fingerprint density at radius 2 is 2.00 bits per heavy atom. The third-order valence-corrected chi connectivity index (χ3v) is 1.38. The van der Waals surface area contributed by atoms with Crippen molar-refractivity contribution < 1.29 is 4.39 Å². The predicted octanol–water partition coefficient (Wildman–Crippen LogP) is 3.63. The average Bonchev–Trinajstić information content (AvgIpc) is 1.86. The first-order valence-electron chi connectivity index (χ1n) is 3.73. The fraction of sp³-hybridized carbons (Fsp3) is 0.400. The summed E-state index contributed by atoms with van der Waals surface area (Å²) in [5.41, 5.74) is 1.02. The van der Waals surface area contributed by atoms with Crippen LogP contribution in [0, 0.1) is 5.92 Å². The van der Waals surface area contributed by atoms with E-state index in [1.54, 1.807) is 6.08 Å². The smallest absolute Gasteiger partial charge is 0.0968 e. The van der Waals surface area contributed by atoms with Gasteiger partial charge in [0.15, 0.2) is 0 Å². The van der Waals surface area contributed by atoms with Crippen LogP contribution < -0.4 is 0 Å². The van der Waals surface area contributed by atoms with E-state index < -0.39 is 0 Å². The highest BCUT2D eigenvalue weighted by Crippen LogP contribution is 2.07. The maximum Gasteiger partial charge on any atom is 0.0968 e. The minimum atomic E-state index is -0.183. The zero-order chi connectivity index (χ0) is 8.85. The van der Waals surface area contributed by atoms with Crippen LogP contribution in [-0.2, 0) is 0 Å². The lowest BCUT2D eigenvalue weighted by atomic mass is 10.1. The third kappa shape index (κ3) is 5.59. The molecular formula is C10H15F. The van der Waals surface area contributed by atoms with Gasteiger partial charge in [-0.3, -0.25) is 0 Å². The quantitative estimate of drug-likeness (QED) is 0.544. The van der Waals surface area contributed by atoms with Crippen LogP contribution in [0.15, 0.2) is 36.2 Å². The fourth-order valence-corrected chi connectivity index (χ4v) is 0.497. The molecule has 0 bridgehead atoms. The first-order valence-corrected chi connectivity index (χ1v) is 3.73. The molecular weight excluding hydrogens is 139 g/mol. The van der Waals surface area contributed by atoms with Crippen LogP contribution in [0.1, 0.15) is 20.8 Å². The van der Waals surface area contributed by atoms with E-state index in [0.717, 1.165) is 5.57 Å². The second kappa shape index (κ2) is 4.89. The van der Waals surface area contributed by atoms with Gasteiger partial charge >= 0.3 is 0 Å². The molecule has 0 saturated heterocycles. The molecule has 0 aliphatic rings. The van der Waals surface area contributed by atoms with Crippen molar-refractivity contribution in [3.63, 3.8) is 0 Å². The van der Waals surface area contributed by atoms with E-state index >= 15 is 0 Å². The first-order chi connectivity index (χ1) is 5.04. The van der Waals surface area contributed by atoms with E-state index in [1.807, 2.05) is 6.08 Å². The van der Waals surface area contributed by atoms with Crippen molar-refractivity contribution in [1.82, 2.24) is 0 Å². The van der Waals surface area contributed by atoms with E-state index in [9.17, 15) is 4.39 Å². The molecule has 0 aromatic carbocycles. The molecule has 0 aromatic rings. The van der Waals surface area contributed by atoms with Crippen LogP contribution in [0.4, 0.5) is 4.39 Å². The zero-order valence-electron chi connectivity index (χ0n) is 7.39. The first kappa shape index (κ1) is 10.2. The normalized spacial score (nSPS) is 13.0. The Morgan fingerprint density at radius 1 is 1.45 bits per heavy atom. The van der Waals surface area contributed by atoms with Crippen molar-refractivity contribution in [3.8, 4) is 0 Å². The van der Waals surface area contributed by atoms with Crippen LogP contribution in [0.3, 0.4) is 0 Å². The summed E-state index contributed by atoms with van der Waals surface area (Å²) in [4.78, 5) is 0. The maximum atomic E-state index is 12.1. The molecule has 1 heteroatoms. The molecule has 0 radical (unpaired) electrons. The summed E-state index contributed by atoms with van der Waals surface area (Å²) in [5, 5.41) is 0. The highest BCUT2D eigenvalue weighted by atomic mass is 19.1. The highest BCUT2D eigenvalue weighted by Gasteiger charge is 1.92. The summed E-state index contributed by atoms with van der Waals surface area (Å²) in [6, 6.07) is 0. The Kier molecular flexibility index (Phi) is 4.51. The van der Waals surface area contributed by atoms with E-state index in [1.165, 1.54) is 13.0 Å². The van der Waals surface area contributed by atoms with Crippen LogP contribution in [0.5, 0.6) is 0 Å². The molecule has 0 amide bonds. The second-order valence-electron chi connectivity index (χ2n) is 2.84. The average molecular weight is 154 g/mol. The maximum absolute atomic E-state index is 12.1. The molecule has 0 heterocycles. The van der Waals surface area contributed by atoms with Crippen molar-refractivity contribution in [1.29, 1.82) is 0 Å². The molecule has 0 aliphatic carbocycles. The Labute approximate surface area is 68.1 Å². The molecule has 62 valence electrons. The topological polar surface area (TPSA) is 0 Å². The molecule has 11 heavy (non-hydrogen) atoms. The van der Waals surface area contributed by atoms with Crippen molar-refractivity contribution >= 4 is 0 Å². The van der Waals surface area contributed by atoms with E-state index in [2.05, 4.69) is 20.4 Å². The standard InChI is InChI=1S/C10H15F/c1-8(2)9(3)6-5-7-10(4)11/h5-8H,3H2,1-2,4H3/b6-5-,10-7+. The van der Waals surface area contributed by atoms with Crippen LogP contribution in [0.2, 0.25) is 0 Å². The largest absolute Gasteiger partial charge is 0.212 e. The van der Waals surface area contributed by atoms with Gasteiger partial charge in [0.05, 0.1) is 5.83 Å². The van der Waals surface area contributed by atoms with Gasteiger partial charge in [-0.2, -0.15) is 0 Å². The van der Waals surface area contributed by atoms with Crippen molar-refractivity contribution in [2.24, 2.45) is 5.92 Å². The summed E-state index contributed by atoms with van der Waals surface area (Å²) in [7, 11) is 0. The zero-order valence-corrected chi connectivity index (χ0v) is 7.39. The van der Waals surface area contributed by atoms with Gasteiger partial charge in [-0.15, -0.1) is 0 Å². The molecule has 0 aliphatic heterocycles. The molecule has 0 rings (SSSR count). The summed E-state index contributed by atoms with van der Waals surface area (Å²) < 4.78 is 12.1. The monoisotopic (exact) mass is 154 g/mol. The number of rotatable bonds is 3. The lowest BCUT2D eigenvalue weighted by Gasteiger charge is -2.00. The number of allylic oxidation sites excluding steroid dienone is 5. The number of hydrogen-bond acceptors (Lipinski definition) is 0. The van der Waals surface area contributed by atoms with Gasteiger partial charge in [0.2, 0.25) is 0 Å². The van der Waals surface area contributed by atoms with Gasteiger partial charge < -0.3 is 0 Å². The number of hydrogen-bond donors (Lipinski definition) is 0. The van der Waals surface area contributed by atoms with E-state index in [-0.39, 0.29) is 5.83 Å². The molecule has 0 fully saturated rings. The van der Waals surface area contributed by atoms with Crippen molar-refractivity contribution in [2.45, 2.75) is 20.8 Å². The molecule has 0 N–H and O–H groups in total. The van der Waals surface area contributed by atoms with Crippen LogP contribution in [-0.4, -0.2) is 0 Å². The van der Waals surface area contributed by atoms with E-state index in [4.69, 9.17) is 0 Å². The third-order valence-electron chi connectivity index (χ3n) is 1.38. The molecule has 0 saturated carbocycles. The summed E-state index contributed by atoms with van der Waals surface area (Å²) in [6.07, 6.45) is 4.93. The minimum Gasteiger partial charge on any atom is -0.212 e. The van der Waals surface area contributed by atoms with Crippen molar-refractivity contribution in [2.75, 3.05) is 0 Å². The van der Waals surface area contributed by atoms with E-state index in [0.29, 0.717) is 5.92 Å². The Hall–Kier alpha value is -0.850. The predicted molar refractivity (Wildman–Crippen MR) is 48.0 cm³/mol. The molecule has 0 atom stereocenters. The number of halogens is 1. The Morgan fingerprint density at radius 3 is 2.36 bits per heavy atom. The summed E-state index contributed by atoms with van der Waals surface area (Å²) in [5.74, 6) is 0.248. The van der Waals surface area contributed by atoms with Gasteiger partial charge in [0, 0.05) is 0 Å². The molecule has 0 spiro atoms. The van der Waals surface area contributed by atoms with Gasteiger partial charge in [-0.1, -0.05) is 38.2 Å². The fourth-order valence-electron chi connectivity index (χ4n) is 0.497. The second-order valence-corrected chi connectivity index (χ2v) is 2.84. The van der Waals surface area contributed by atoms with Gasteiger partial charge in [-0.05, 0) is 18.9 Å². The summed E-state index contributed by atoms with van der Waals surface area (Å²) >= 11 is 0. The SMILES string of the molecule is C=C(/C=C\C=C(/C)F)C(C)C. The van der Waals surface area contributed by atoms with Crippen LogP contribution in [0.25, 0.3) is 0 Å². The lowest BCUT2D eigenvalue weighted by Crippen LogP contribution is -1.86. The summed E-state index contributed by atoms with van der Waals surface area (Å²) in [6.45, 7) is 9.34. The molecule has 0 nitrogen and oxygen atoms in total. The molecule has 0 aromatic heterocycles. The van der Waals surface area contributed by atoms with Gasteiger partial charge in [-0.25, -0.2) is 4.39 Å². The Bertz CT molecular complexity index is 181. The Balaban J connectivity index is 3.95. The molecule has 0 unspecified atom stereocenters. The highest BCUT2D eigenvalue weighted by molar-refractivity contribution is 5.21. The minimum absolute atomic E-state index is 0.183. The van der Waals surface area contributed by atoms with Crippen LogP contribution >= 0.6 is 0 Å². The van der Waals surface area contributed by atoms with Crippen molar-refractivity contribution in [3.05, 3.63) is 36.2 Å². The van der Waals surface area contributed by atoms with Gasteiger partial charge in [0.25, 0.3) is 0 Å². The lowest BCUT2D eigenvalue weighted by molar-refractivity contribution is 0.640.